The fourth-order valence-corrected chi connectivity index (χ4v) is 7.74. The number of benzene rings is 6. The van der Waals surface area contributed by atoms with Gasteiger partial charge in [-0.25, -0.2) is 16.8 Å². The summed E-state index contributed by atoms with van der Waals surface area (Å²) in [6, 6.07) is 16.7. The van der Waals surface area contributed by atoms with E-state index in [-0.39, 0.29) is 140 Å². The number of non-ortho nitro benzene ring substituents is 1. The van der Waals surface area contributed by atoms with E-state index >= 15 is 0 Å². The average Bonchev–Trinajstić information content (AvgIpc) is 3.21. The second-order valence-electron chi connectivity index (χ2n) is 12.8. The van der Waals surface area contributed by atoms with Crippen LogP contribution in [0.1, 0.15) is 0 Å². The summed E-state index contributed by atoms with van der Waals surface area (Å²) in [4.78, 5) is 7.34. The molecule has 6 rings (SSSR count). The number of azo groups is 3. The number of nitro groups is 1. The molecule has 66 heavy (non-hydrogen) atoms. The van der Waals surface area contributed by atoms with Crippen LogP contribution in [0.5, 0.6) is 17.2 Å². The van der Waals surface area contributed by atoms with Gasteiger partial charge in [-0.2, -0.15) is 13.5 Å². The third-order valence-electron chi connectivity index (χ3n) is 8.81. The summed E-state index contributed by atoms with van der Waals surface area (Å²) >= 11 is 0. The number of anilines is 3. The molecule has 0 radical (unpaired) electrons. The number of nitro benzene ring substituents is 1. The van der Waals surface area contributed by atoms with Crippen molar-refractivity contribution in [3.8, 4) is 28.4 Å². The molecule has 0 amide bonds. The number of hydrogen-bond acceptors (Lipinski definition) is 22. The molecule has 0 fully saturated rings. The second-order valence-corrected chi connectivity index (χ2v) is 16.9. The van der Waals surface area contributed by atoms with Gasteiger partial charge >= 0.3 is 88.7 Å². The van der Waals surface area contributed by atoms with E-state index in [1.54, 1.807) is 12.1 Å². The van der Waals surface area contributed by atoms with Crippen LogP contribution < -0.4 is 120 Å². The van der Waals surface area contributed by atoms with E-state index in [1.807, 2.05) is 0 Å². The predicted octanol–water partition coefficient (Wildman–Crippen LogP) is -2.43. The zero-order valence-corrected chi connectivity index (χ0v) is 43.4. The van der Waals surface area contributed by atoms with Crippen LogP contribution in [0.2, 0.25) is 0 Å². The number of nitrogens with two attached hydrogens (primary N) is 3. The molecule has 326 valence electrons. The molecule has 0 aliphatic carbocycles. The van der Waals surface area contributed by atoms with E-state index in [4.69, 9.17) is 26.7 Å². The summed E-state index contributed by atoms with van der Waals surface area (Å²) in [6.07, 6.45) is 0. The van der Waals surface area contributed by atoms with Gasteiger partial charge in [0.1, 0.15) is 59.4 Å². The van der Waals surface area contributed by atoms with Crippen LogP contribution in [0.3, 0.4) is 0 Å². The van der Waals surface area contributed by atoms with Gasteiger partial charge in [0.15, 0.2) is 0 Å². The first-order chi connectivity index (χ1) is 29.5. The van der Waals surface area contributed by atoms with Gasteiger partial charge in [-0.3, -0.25) is 14.7 Å². The Kier molecular flexibility index (Phi) is 18.5. The van der Waals surface area contributed by atoms with Gasteiger partial charge in [0.05, 0.1) is 57.4 Å². The average molecular weight is 989 g/mol. The van der Waals surface area contributed by atoms with E-state index in [0.29, 0.717) is 23.3 Å². The smallest absolute Gasteiger partial charge is 0.870 e. The number of fused-ring (bicyclic) bond motifs is 1. The van der Waals surface area contributed by atoms with Crippen molar-refractivity contribution < 1.29 is 147 Å². The minimum Gasteiger partial charge on any atom is -0.870 e. The molecular formula is C36H27N10Na3O14S3. The topological polar surface area (TPSA) is 406 Å². The Bertz CT molecular complexity index is 3330. The monoisotopic (exact) mass is 988 g/mol. The van der Waals surface area contributed by atoms with Gasteiger partial charge in [0, 0.05) is 17.5 Å². The third kappa shape index (κ3) is 12.2. The Morgan fingerprint density at radius 3 is 1.56 bits per heavy atom. The molecule has 6 aromatic rings. The van der Waals surface area contributed by atoms with Crippen molar-refractivity contribution in [2.45, 2.75) is 14.7 Å². The molecule has 0 aliphatic rings. The molecular weight excluding hydrogens is 962 g/mol. The van der Waals surface area contributed by atoms with Crippen LogP contribution in [-0.4, -0.2) is 58.1 Å². The largest absolute Gasteiger partial charge is 1.00 e. The van der Waals surface area contributed by atoms with Crippen molar-refractivity contribution in [3.63, 3.8) is 0 Å². The second kappa shape index (κ2) is 22.0. The standard InChI is InChI=1S/C36H30N10O14S3.3Na/c1-59-27-11-17(3-9-24(27)41-43-26-16-29(61(50,51)52)23(38)15-22(26)37)18-4-10-25(28(12-18)60-2)42-45-35-31(63(56,57)58)14-19-13-30(62(53,54)55)34(33(39)32(19)36(35)47)44-40-20-5-7-21(8-6-20)46(48)49;;;/h3-16,47H,37-39H2,1-2H3,(H,50,51,52)(H,53,54,55)(H,56,57,58);;;/q;3*+1/p-3. The van der Waals surface area contributed by atoms with Crippen molar-refractivity contribution in [2.24, 2.45) is 30.7 Å². The van der Waals surface area contributed by atoms with Crippen LogP contribution in [0.15, 0.2) is 130 Å². The van der Waals surface area contributed by atoms with E-state index in [0.717, 1.165) is 36.4 Å². The summed E-state index contributed by atoms with van der Waals surface area (Å²) in [5, 5.41) is 47.2. The quantitative estimate of drug-likeness (QED) is 0.0233. The molecule has 0 bridgehead atoms. The van der Waals surface area contributed by atoms with Crippen molar-refractivity contribution in [2.75, 3.05) is 31.4 Å². The molecule has 0 spiro atoms. The van der Waals surface area contributed by atoms with Crippen molar-refractivity contribution in [1.82, 2.24) is 0 Å². The molecule has 0 aliphatic heterocycles. The zero-order valence-electron chi connectivity index (χ0n) is 34.9. The number of ether oxygens (including phenoxy) is 2. The van der Waals surface area contributed by atoms with Crippen LogP contribution in [0.4, 0.5) is 56.9 Å². The molecule has 0 saturated carbocycles. The third-order valence-corrected chi connectivity index (χ3v) is 11.4. The van der Waals surface area contributed by atoms with E-state index in [2.05, 4.69) is 30.7 Å². The number of nitrogen functional groups attached to an aromatic ring is 3. The number of hydrogen-bond donors (Lipinski definition) is 4. The molecule has 0 heterocycles. The minimum atomic E-state index is -5.44. The number of nitrogens with zero attached hydrogens (tertiary/aromatic N) is 7. The summed E-state index contributed by atoms with van der Waals surface area (Å²) in [5.74, 6) is -1.09. The fourth-order valence-electron chi connectivity index (χ4n) is 5.83. The SMILES string of the molecule is COc1cc(-c2ccc(N=Nc3c(S(=O)(=O)O)cc4cc(S(=O)(=O)[O-])c(N=Nc5ccc([N+](=O)[O-])cc5)c(N)c4c3[O-])c(OC)c2)ccc1N=Nc1cc(S(=O)(=O)[O-])c(N)cc1N.[Na+].[Na+].[Na+]. The summed E-state index contributed by atoms with van der Waals surface area (Å²) < 4.78 is 118. The number of methoxy groups -OCH3 is 2. The van der Waals surface area contributed by atoms with Crippen LogP contribution >= 0.6 is 0 Å². The van der Waals surface area contributed by atoms with Gasteiger partial charge in [-0.15, -0.1) is 25.6 Å². The maximum Gasteiger partial charge on any atom is 1.00 e. The van der Waals surface area contributed by atoms with Crippen LogP contribution in [-0.2, 0) is 30.4 Å². The van der Waals surface area contributed by atoms with Crippen molar-refractivity contribution in [3.05, 3.63) is 95.0 Å². The maximum atomic E-state index is 13.9. The van der Waals surface area contributed by atoms with Crippen LogP contribution in [0, 0.1) is 10.1 Å². The Morgan fingerprint density at radius 1 is 0.591 bits per heavy atom. The molecule has 0 aromatic heterocycles. The maximum absolute atomic E-state index is 13.9. The van der Waals surface area contributed by atoms with Crippen molar-refractivity contribution in [1.29, 1.82) is 0 Å². The molecule has 0 atom stereocenters. The van der Waals surface area contributed by atoms with Crippen LogP contribution in [0.25, 0.3) is 21.9 Å². The Labute approximate surface area is 440 Å². The predicted molar refractivity (Wildman–Crippen MR) is 219 cm³/mol. The first-order valence-electron chi connectivity index (χ1n) is 17.1. The van der Waals surface area contributed by atoms with E-state index in [9.17, 15) is 54.1 Å². The van der Waals surface area contributed by atoms with Crippen molar-refractivity contribution >= 4 is 98.0 Å². The van der Waals surface area contributed by atoms with Gasteiger partial charge < -0.3 is 40.9 Å². The molecule has 24 nitrogen and oxygen atoms in total. The summed E-state index contributed by atoms with van der Waals surface area (Å²) in [7, 11) is -13.1. The summed E-state index contributed by atoms with van der Waals surface area (Å²) in [5.41, 5.74) is 15.3. The first-order valence-corrected chi connectivity index (χ1v) is 21.3. The fraction of sp³-hybridized carbons (Fsp3) is 0.0556. The molecule has 30 heteroatoms. The zero-order chi connectivity index (χ0) is 46.2. The summed E-state index contributed by atoms with van der Waals surface area (Å²) in [6.45, 7) is 0. The molecule has 0 unspecified atom stereocenters. The van der Waals surface area contributed by atoms with Gasteiger partial charge in [0.25, 0.3) is 15.8 Å². The molecule has 6 aromatic carbocycles. The van der Waals surface area contributed by atoms with E-state index in [1.165, 1.54) is 38.5 Å². The number of rotatable bonds is 13. The van der Waals surface area contributed by atoms with E-state index < -0.39 is 83.5 Å². The Balaban J connectivity index is 0.00000385. The minimum absolute atomic E-state index is 0. The van der Waals surface area contributed by atoms with Gasteiger partial charge in [0.2, 0.25) is 0 Å². The Morgan fingerprint density at radius 2 is 1.08 bits per heavy atom. The molecule has 0 saturated heterocycles. The normalized spacial score (nSPS) is 11.9. The van der Waals surface area contributed by atoms with Gasteiger partial charge in [-0.1, -0.05) is 17.9 Å². The first kappa shape index (κ1) is 55.6. The molecule has 7 N–H and O–H groups in total. The Hall–Kier alpha value is -4.69. The van der Waals surface area contributed by atoms with Gasteiger partial charge in [-0.05, 0) is 77.2 Å².